The molecule has 0 spiro atoms. The van der Waals surface area contributed by atoms with Gasteiger partial charge in [-0.25, -0.2) is 4.79 Å². The van der Waals surface area contributed by atoms with Crippen molar-refractivity contribution in [1.82, 2.24) is 20.4 Å². The molecule has 3 amide bonds. The Bertz CT molecular complexity index is 605. The van der Waals surface area contributed by atoms with Crippen LogP contribution in [-0.2, 0) is 14.3 Å². The highest BCUT2D eigenvalue weighted by Gasteiger charge is 2.34. The van der Waals surface area contributed by atoms with Gasteiger partial charge >= 0.3 is 6.09 Å². The SMILES string of the molecule is CCNC(=O)CN1CCCN(C(=O)[C@@H]2CCCCCC[C@H]2NC(=O)OC(C)(C)C)CC1. The molecule has 2 fully saturated rings. The maximum absolute atomic E-state index is 13.5. The van der Waals surface area contributed by atoms with Gasteiger partial charge in [0.15, 0.2) is 0 Å². The van der Waals surface area contributed by atoms with Crippen molar-refractivity contribution in [2.45, 2.75) is 84.3 Å². The second-order valence-electron chi connectivity index (χ2n) is 9.76. The zero-order chi connectivity index (χ0) is 22.9. The Kier molecular flexibility index (Phi) is 10.1. The fraction of sp³-hybridized carbons (Fsp3) is 0.870. The Morgan fingerprint density at radius 2 is 1.65 bits per heavy atom. The van der Waals surface area contributed by atoms with Crippen LogP contribution in [-0.4, -0.2) is 78.6 Å². The number of carbonyl (C=O) groups excluding carboxylic acids is 3. The highest BCUT2D eigenvalue weighted by molar-refractivity contribution is 5.81. The third-order valence-corrected chi connectivity index (χ3v) is 5.93. The van der Waals surface area contributed by atoms with Crippen molar-refractivity contribution in [2.75, 3.05) is 39.3 Å². The Labute approximate surface area is 187 Å². The van der Waals surface area contributed by atoms with Crippen LogP contribution in [0.3, 0.4) is 0 Å². The van der Waals surface area contributed by atoms with Gasteiger partial charge < -0.3 is 20.3 Å². The van der Waals surface area contributed by atoms with E-state index in [4.69, 9.17) is 4.74 Å². The van der Waals surface area contributed by atoms with Gasteiger partial charge in [-0.1, -0.05) is 25.7 Å². The first-order valence-corrected chi connectivity index (χ1v) is 12.0. The Morgan fingerprint density at radius 3 is 2.32 bits per heavy atom. The molecule has 0 unspecified atom stereocenters. The van der Waals surface area contributed by atoms with Gasteiger partial charge in [0.1, 0.15) is 5.60 Å². The minimum atomic E-state index is -0.566. The Morgan fingerprint density at radius 1 is 0.935 bits per heavy atom. The molecule has 1 aliphatic carbocycles. The van der Waals surface area contributed by atoms with Gasteiger partial charge in [0.25, 0.3) is 0 Å². The summed E-state index contributed by atoms with van der Waals surface area (Å²) in [6.45, 7) is 11.3. The number of nitrogens with zero attached hydrogens (tertiary/aromatic N) is 2. The molecule has 0 radical (unpaired) electrons. The molecule has 31 heavy (non-hydrogen) atoms. The van der Waals surface area contributed by atoms with Crippen LogP contribution in [0.1, 0.15) is 72.6 Å². The lowest BCUT2D eigenvalue weighted by Crippen LogP contribution is -2.50. The van der Waals surface area contributed by atoms with Crippen LogP contribution in [0.2, 0.25) is 0 Å². The average molecular weight is 439 g/mol. The molecule has 8 nitrogen and oxygen atoms in total. The lowest BCUT2D eigenvalue weighted by atomic mass is 9.85. The van der Waals surface area contributed by atoms with E-state index in [-0.39, 0.29) is 23.8 Å². The van der Waals surface area contributed by atoms with Crippen LogP contribution in [0.25, 0.3) is 0 Å². The standard InChI is InChI=1S/C23H42N4O4/c1-5-24-20(28)17-26-13-10-14-27(16-15-26)21(29)18-11-8-6-7-9-12-19(18)25-22(30)31-23(2,3)4/h18-19H,5-17H2,1-4H3,(H,24,28)(H,25,30)/t18-,19-/m1/s1. The molecule has 1 saturated carbocycles. The molecule has 178 valence electrons. The van der Waals surface area contributed by atoms with E-state index in [1.165, 1.54) is 0 Å². The van der Waals surface area contributed by atoms with E-state index in [0.29, 0.717) is 32.7 Å². The van der Waals surface area contributed by atoms with Gasteiger partial charge in [-0.2, -0.15) is 0 Å². The Hall–Kier alpha value is -1.83. The third-order valence-electron chi connectivity index (χ3n) is 5.93. The van der Waals surface area contributed by atoms with Crippen molar-refractivity contribution < 1.29 is 19.1 Å². The topological polar surface area (TPSA) is 91.0 Å². The molecule has 2 atom stereocenters. The van der Waals surface area contributed by atoms with Crippen LogP contribution in [0.4, 0.5) is 4.79 Å². The molecule has 2 rings (SSSR count). The van der Waals surface area contributed by atoms with Crippen LogP contribution in [0, 0.1) is 5.92 Å². The maximum Gasteiger partial charge on any atom is 0.407 e. The lowest BCUT2D eigenvalue weighted by molar-refractivity contribution is -0.136. The molecule has 2 N–H and O–H groups in total. The molecular weight excluding hydrogens is 396 g/mol. The summed E-state index contributed by atoms with van der Waals surface area (Å²) in [6, 6.07) is -0.197. The van der Waals surface area contributed by atoms with Crippen molar-refractivity contribution in [3.05, 3.63) is 0 Å². The Balaban J connectivity index is 2.00. The van der Waals surface area contributed by atoms with Gasteiger partial charge in [0, 0.05) is 38.8 Å². The number of carbonyl (C=O) groups is 3. The predicted molar refractivity (Wildman–Crippen MR) is 121 cm³/mol. The number of hydrogen-bond donors (Lipinski definition) is 2. The summed E-state index contributed by atoms with van der Waals surface area (Å²) in [4.78, 5) is 41.9. The van der Waals surface area contributed by atoms with Crippen LogP contribution in [0.15, 0.2) is 0 Å². The van der Waals surface area contributed by atoms with E-state index in [1.54, 1.807) is 0 Å². The van der Waals surface area contributed by atoms with E-state index >= 15 is 0 Å². The van der Waals surface area contributed by atoms with Crippen LogP contribution < -0.4 is 10.6 Å². The van der Waals surface area contributed by atoms with E-state index in [0.717, 1.165) is 51.5 Å². The van der Waals surface area contributed by atoms with Crippen LogP contribution >= 0.6 is 0 Å². The quantitative estimate of drug-likeness (QED) is 0.688. The second kappa shape index (κ2) is 12.3. The molecular formula is C23H42N4O4. The van der Waals surface area contributed by atoms with Gasteiger partial charge in [0.2, 0.25) is 11.8 Å². The van der Waals surface area contributed by atoms with E-state index < -0.39 is 11.7 Å². The zero-order valence-electron chi connectivity index (χ0n) is 19.9. The fourth-order valence-corrected chi connectivity index (χ4v) is 4.45. The van der Waals surface area contributed by atoms with Gasteiger partial charge in [-0.05, 0) is 47.0 Å². The predicted octanol–water partition coefficient (Wildman–Crippen LogP) is 2.52. The van der Waals surface area contributed by atoms with Gasteiger partial charge in [-0.3, -0.25) is 14.5 Å². The molecule has 1 heterocycles. The summed E-state index contributed by atoms with van der Waals surface area (Å²) < 4.78 is 5.46. The molecule has 0 aromatic heterocycles. The second-order valence-corrected chi connectivity index (χ2v) is 9.76. The first kappa shape index (κ1) is 25.4. The number of ether oxygens (including phenoxy) is 1. The zero-order valence-corrected chi connectivity index (χ0v) is 19.9. The summed E-state index contributed by atoms with van der Waals surface area (Å²) in [5.41, 5.74) is -0.566. The first-order valence-electron chi connectivity index (χ1n) is 12.0. The monoisotopic (exact) mass is 438 g/mol. The number of hydrogen-bond acceptors (Lipinski definition) is 5. The molecule has 1 aliphatic heterocycles. The minimum Gasteiger partial charge on any atom is -0.444 e. The summed E-state index contributed by atoms with van der Waals surface area (Å²) >= 11 is 0. The highest BCUT2D eigenvalue weighted by Crippen LogP contribution is 2.26. The third kappa shape index (κ3) is 9.05. The molecule has 0 aromatic rings. The van der Waals surface area contributed by atoms with E-state index in [2.05, 4.69) is 15.5 Å². The van der Waals surface area contributed by atoms with Crippen molar-refractivity contribution in [2.24, 2.45) is 5.92 Å². The first-order chi connectivity index (χ1) is 14.7. The van der Waals surface area contributed by atoms with E-state index in [1.807, 2.05) is 32.6 Å². The minimum absolute atomic E-state index is 0.0314. The van der Waals surface area contributed by atoms with Gasteiger partial charge in [0.05, 0.1) is 12.5 Å². The number of amides is 3. The number of rotatable bonds is 5. The summed E-state index contributed by atoms with van der Waals surface area (Å²) in [5, 5.41) is 5.84. The number of likely N-dealkylation sites (N-methyl/N-ethyl adjacent to an activating group) is 1. The highest BCUT2D eigenvalue weighted by atomic mass is 16.6. The van der Waals surface area contributed by atoms with Crippen molar-refractivity contribution in [3.8, 4) is 0 Å². The summed E-state index contributed by atoms with van der Waals surface area (Å²) in [5.74, 6) is -0.0607. The number of alkyl carbamates (subject to hydrolysis) is 1. The normalized spacial score (nSPS) is 23.8. The molecule has 2 aliphatic rings. The lowest BCUT2D eigenvalue weighted by Gasteiger charge is -2.33. The van der Waals surface area contributed by atoms with Crippen molar-refractivity contribution >= 4 is 17.9 Å². The maximum atomic E-state index is 13.5. The van der Waals surface area contributed by atoms with Gasteiger partial charge in [-0.15, -0.1) is 0 Å². The molecule has 0 bridgehead atoms. The average Bonchev–Trinajstić information content (AvgIpc) is 2.88. The van der Waals surface area contributed by atoms with Crippen molar-refractivity contribution in [1.29, 1.82) is 0 Å². The smallest absolute Gasteiger partial charge is 0.407 e. The molecule has 0 aromatic carbocycles. The largest absolute Gasteiger partial charge is 0.444 e. The van der Waals surface area contributed by atoms with Crippen LogP contribution in [0.5, 0.6) is 0 Å². The molecule has 8 heteroatoms. The molecule has 1 saturated heterocycles. The van der Waals surface area contributed by atoms with Crippen molar-refractivity contribution in [3.63, 3.8) is 0 Å². The fourth-order valence-electron chi connectivity index (χ4n) is 4.45. The summed E-state index contributed by atoms with van der Waals surface area (Å²) in [6.07, 6.45) is 6.26. The van der Waals surface area contributed by atoms with E-state index in [9.17, 15) is 14.4 Å². The summed E-state index contributed by atoms with van der Waals surface area (Å²) in [7, 11) is 0. The number of nitrogens with one attached hydrogen (secondary N) is 2.